The third kappa shape index (κ3) is 15.5. The number of aliphatic carboxylic acids is 1. The molecule has 0 heterocycles. The van der Waals surface area contributed by atoms with E-state index in [1.807, 2.05) is 0 Å². The summed E-state index contributed by atoms with van der Waals surface area (Å²) >= 11 is 0. The van der Waals surface area contributed by atoms with Crippen molar-refractivity contribution in [3.63, 3.8) is 0 Å². The van der Waals surface area contributed by atoms with Gasteiger partial charge in [0.1, 0.15) is 6.61 Å². The van der Waals surface area contributed by atoms with E-state index in [1.54, 1.807) is 6.92 Å². The van der Waals surface area contributed by atoms with Crippen LogP contribution in [-0.2, 0) is 28.6 Å². The third-order valence-electron chi connectivity index (χ3n) is 1.65. The minimum absolute atomic E-state index is 0.0600. The van der Waals surface area contributed by atoms with Crippen LogP contribution in [0, 0.1) is 0 Å². The molecule has 0 fully saturated rings. The Morgan fingerprint density at radius 3 is 2.10 bits per heavy atom. The van der Waals surface area contributed by atoms with Crippen molar-refractivity contribution < 1.29 is 33.7 Å². The van der Waals surface area contributed by atoms with E-state index in [0.717, 1.165) is 12.2 Å². The second-order valence-corrected chi connectivity index (χ2v) is 3.29. The molecule has 21 heavy (non-hydrogen) atoms. The molecule has 0 spiro atoms. The lowest BCUT2D eigenvalue weighted by Crippen LogP contribution is -2.14. The molecule has 0 saturated heterocycles. The Labute approximate surface area is 123 Å². The number of hydrogen-bond acceptors (Lipinski definition) is 6. The predicted octanol–water partition coefficient (Wildman–Crippen LogP) is 1.11. The fourth-order valence-corrected chi connectivity index (χ4v) is 0.748. The number of hydrogen-bond donors (Lipinski definition) is 1. The molecule has 0 aromatic carbocycles. The van der Waals surface area contributed by atoms with Gasteiger partial charge >= 0.3 is 17.9 Å². The normalized spacial score (nSPS) is 8.62. The molecule has 0 aliphatic rings. The van der Waals surface area contributed by atoms with Gasteiger partial charge in [0.2, 0.25) is 0 Å². The van der Waals surface area contributed by atoms with E-state index in [9.17, 15) is 14.4 Å². The number of carbonyl (C=O) groups is 3. The Hall–Kier alpha value is -2.41. The van der Waals surface area contributed by atoms with Gasteiger partial charge in [-0.25, -0.2) is 14.4 Å². The van der Waals surface area contributed by atoms with E-state index in [4.69, 9.17) is 14.6 Å². The number of esters is 2. The molecule has 0 saturated carbocycles. The lowest BCUT2D eigenvalue weighted by atomic mass is 10.3. The quantitative estimate of drug-likeness (QED) is 0.387. The second kappa shape index (κ2) is 14.0. The van der Waals surface area contributed by atoms with Crippen LogP contribution in [0.25, 0.3) is 0 Å². The summed E-state index contributed by atoms with van der Waals surface area (Å²) in [5.74, 6) is -1.97. The molecule has 0 bridgehead atoms. The van der Waals surface area contributed by atoms with Crippen molar-refractivity contribution in [2.75, 3.05) is 26.4 Å². The lowest BCUT2D eigenvalue weighted by molar-refractivity contribution is -0.141. The monoisotopic (exact) mass is 300 g/mol. The Morgan fingerprint density at radius 1 is 1.10 bits per heavy atom. The standard InChI is InChI=1S/C11H16O5.C3H4O2/c1-4-10(12)16-7-6-14-8-9(3)11(13)15-5-2;1-2-3(4)5/h4H,1,3,5-8H2,2H3;2H,1H2,(H,4,5). The van der Waals surface area contributed by atoms with Crippen molar-refractivity contribution in [1.29, 1.82) is 0 Å². The molecule has 0 radical (unpaired) electrons. The zero-order valence-electron chi connectivity index (χ0n) is 12.0. The van der Waals surface area contributed by atoms with Gasteiger partial charge in [0.05, 0.1) is 25.4 Å². The summed E-state index contributed by atoms with van der Waals surface area (Å²) in [6.07, 6.45) is 1.90. The Balaban J connectivity index is 0. The first-order valence-corrected chi connectivity index (χ1v) is 5.96. The Kier molecular flexibility index (Phi) is 13.9. The van der Waals surface area contributed by atoms with Crippen LogP contribution in [-0.4, -0.2) is 49.4 Å². The summed E-state index contributed by atoms with van der Waals surface area (Å²) in [5.41, 5.74) is 0.233. The summed E-state index contributed by atoms with van der Waals surface area (Å²) < 4.78 is 14.4. The van der Waals surface area contributed by atoms with Gasteiger partial charge in [-0.1, -0.05) is 19.7 Å². The molecule has 0 aliphatic heterocycles. The lowest BCUT2D eigenvalue weighted by Gasteiger charge is -2.06. The van der Waals surface area contributed by atoms with Crippen molar-refractivity contribution in [3.05, 3.63) is 37.5 Å². The van der Waals surface area contributed by atoms with Gasteiger partial charge in [0.15, 0.2) is 0 Å². The maximum Gasteiger partial charge on any atom is 0.335 e. The SMILES string of the molecule is C=CC(=O)O.C=CC(=O)OCCOCC(=C)C(=O)OCC. The van der Waals surface area contributed by atoms with Crippen molar-refractivity contribution in [3.8, 4) is 0 Å². The second-order valence-electron chi connectivity index (χ2n) is 3.29. The van der Waals surface area contributed by atoms with Crippen molar-refractivity contribution in [2.45, 2.75) is 6.92 Å². The van der Waals surface area contributed by atoms with Gasteiger partial charge in [-0.05, 0) is 6.92 Å². The van der Waals surface area contributed by atoms with Gasteiger partial charge in [0.25, 0.3) is 0 Å². The summed E-state index contributed by atoms with van der Waals surface area (Å²) in [7, 11) is 0. The van der Waals surface area contributed by atoms with Crippen LogP contribution in [0.1, 0.15) is 6.92 Å². The zero-order chi connectivity index (χ0) is 16.7. The van der Waals surface area contributed by atoms with Gasteiger partial charge in [0, 0.05) is 12.2 Å². The molecule has 0 aromatic rings. The number of carboxylic acid groups (broad SMARTS) is 1. The predicted molar refractivity (Wildman–Crippen MR) is 75.6 cm³/mol. The largest absolute Gasteiger partial charge is 0.478 e. The van der Waals surface area contributed by atoms with Crippen LogP contribution in [0.3, 0.4) is 0 Å². The maximum absolute atomic E-state index is 11.1. The summed E-state index contributed by atoms with van der Waals surface area (Å²) in [4.78, 5) is 30.9. The highest BCUT2D eigenvalue weighted by atomic mass is 16.6. The molecule has 1 N–H and O–H groups in total. The van der Waals surface area contributed by atoms with Crippen molar-refractivity contribution >= 4 is 17.9 Å². The van der Waals surface area contributed by atoms with Crippen molar-refractivity contribution in [2.24, 2.45) is 0 Å². The van der Waals surface area contributed by atoms with Crippen molar-refractivity contribution in [1.82, 2.24) is 0 Å². The molecular weight excluding hydrogens is 280 g/mol. The first-order chi connectivity index (χ1) is 9.88. The van der Waals surface area contributed by atoms with Gasteiger partial charge < -0.3 is 19.3 Å². The summed E-state index contributed by atoms with van der Waals surface area (Å²) in [6.45, 7) is 12.1. The van der Waals surface area contributed by atoms with E-state index in [0.29, 0.717) is 6.61 Å². The molecule has 0 rings (SSSR count). The number of carboxylic acids is 1. The van der Waals surface area contributed by atoms with Crippen LogP contribution in [0.15, 0.2) is 37.5 Å². The molecule has 0 amide bonds. The minimum Gasteiger partial charge on any atom is -0.478 e. The topological polar surface area (TPSA) is 99.1 Å². The zero-order valence-corrected chi connectivity index (χ0v) is 12.0. The van der Waals surface area contributed by atoms with Crippen LogP contribution in [0.5, 0.6) is 0 Å². The molecule has 7 heteroatoms. The number of carbonyl (C=O) groups excluding carboxylic acids is 2. The molecule has 118 valence electrons. The molecule has 7 nitrogen and oxygen atoms in total. The number of ether oxygens (including phenoxy) is 3. The first kappa shape index (κ1) is 20.9. The van der Waals surface area contributed by atoms with Gasteiger partial charge in [-0.2, -0.15) is 0 Å². The fourth-order valence-electron chi connectivity index (χ4n) is 0.748. The Morgan fingerprint density at radius 2 is 1.67 bits per heavy atom. The smallest absolute Gasteiger partial charge is 0.335 e. The minimum atomic E-state index is -0.981. The maximum atomic E-state index is 11.1. The highest BCUT2D eigenvalue weighted by molar-refractivity contribution is 5.87. The summed E-state index contributed by atoms with van der Waals surface area (Å²) in [5, 5.41) is 7.60. The molecular formula is C14H20O7. The first-order valence-electron chi connectivity index (χ1n) is 5.96. The van der Waals surface area contributed by atoms with Crippen LogP contribution >= 0.6 is 0 Å². The average molecular weight is 300 g/mol. The fraction of sp³-hybridized carbons (Fsp3) is 0.357. The van der Waals surface area contributed by atoms with Crippen LogP contribution < -0.4 is 0 Å². The van der Waals surface area contributed by atoms with Gasteiger partial charge in [-0.3, -0.25) is 0 Å². The number of rotatable bonds is 9. The van der Waals surface area contributed by atoms with E-state index in [-0.39, 0.29) is 25.4 Å². The average Bonchev–Trinajstić information content (AvgIpc) is 2.47. The van der Waals surface area contributed by atoms with Crippen LogP contribution in [0.2, 0.25) is 0 Å². The third-order valence-corrected chi connectivity index (χ3v) is 1.65. The Bertz CT molecular complexity index is 385. The molecule has 0 aromatic heterocycles. The summed E-state index contributed by atoms with van der Waals surface area (Å²) in [6, 6.07) is 0. The van der Waals surface area contributed by atoms with E-state index >= 15 is 0 Å². The van der Waals surface area contributed by atoms with Crippen LogP contribution in [0.4, 0.5) is 0 Å². The van der Waals surface area contributed by atoms with E-state index < -0.39 is 17.9 Å². The highest BCUT2D eigenvalue weighted by Gasteiger charge is 2.07. The van der Waals surface area contributed by atoms with E-state index in [1.165, 1.54) is 0 Å². The van der Waals surface area contributed by atoms with Gasteiger partial charge in [-0.15, -0.1) is 0 Å². The highest BCUT2D eigenvalue weighted by Crippen LogP contribution is 1.95. The molecule has 0 unspecified atom stereocenters. The van der Waals surface area contributed by atoms with E-state index in [2.05, 4.69) is 24.5 Å². The molecule has 0 aliphatic carbocycles. The molecule has 0 atom stereocenters.